The number of para-hydroxylation sites is 1. The van der Waals surface area contributed by atoms with E-state index in [4.69, 9.17) is 4.74 Å². The molecule has 0 radical (unpaired) electrons. The fraction of sp³-hybridized carbons (Fsp3) is 0.433. The molecule has 0 saturated carbocycles. The van der Waals surface area contributed by atoms with E-state index in [2.05, 4.69) is 9.88 Å². The Kier molecular flexibility index (Phi) is 6.79. The van der Waals surface area contributed by atoms with Crippen LogP contribution in [0.5, 0.6) is 5.75 Å². The van der Waals surface area contributed by atoms with Crippen molar-refractivity contribution in [2.24, 2.45) is 5.92 Å². The van der Waals surface area contributed by atoms with Gasteiger partial charge in [0.1, 0.15) is 12.4 Å². The smallest absolute Gasteiger partial charge is 0.258 e. The minimum Gasteiger partial charge on any atom is -0.492 e. The number of likely N-dealkylation sites (tertiary alicyclic amines) is 1. The highest BCUT2D eigenvalue weighted by Crippen LogP contribution is 2.30. The van der Waals surface area contributed by atoms with Gasteiger partial charge in [0, 0.05) is 56.3 Å². The van der Waals surface area contributed by atoms with E-state index < -0.39 is 0 Å². The molecule has 0 bridgehead atoms. The van der Waals surface area contributed by atoms with E-state index in [0.717, 1.165) is 47.8 Å². The first kappa shape index (κ1) is 23.9. The number of piperidine rings is 1. The predicted octanol–water partition coefficient (Wildman–Crippen LogP) is 3.53. The fourth-order valence-electron chi connectivity index (χ4n) is 6.05. The van der Waals surface area contributed by atoms with Crippen LogP contribution in [0.25, 0.3) is 11.1 Å². The summed E-state index contributed by atoms with van der Waals surface area (Å²) in [6.07, 6.45) is 8.61. The molecule has 37 heavy (non-hydrogen) atoms. The summed E-state index contributed by atoms with van der Waals surface area (Å²) in [7, 11) is 0. The van der Waals surface area contributed by atoms with E-state index in [9.17, 15) is 9.59 Å². The maximum Gasteiger partial charge on any atom is 0.258 e. The quantitative estimate of drug-likeness (QED) is 0.539. The Morgan fingerprint density at radius 2 is 1.78 bits per heavy atom. The van der Waals surface area contributed by atoms with Crippen molar-refractivity contribution < 1.29 is 9.53 Å². The molecule has 192 valence electrons. The van der Waals surface area contributed by atoms with Gasteiger partial charge in [-0.3, -0.25) is 14.6 Å². The minimum absolute atomic E-state index is 0.0547. The van der Waals surface area contributed by atoms with Gasteiger partial charge in [0.05, 0.1) is 5.92 Å². The van der Waals surface area contributed by atoms with Crippen LogP contribution in [0.2, 0.25) is 0 Å². The summed E-state index contributed by atoms with van der Waals surface area (Å²) < 4.78 is 7.90. The molecule has 7 heteroatoms. The van der Waals surface area contributed by atoms with Gasteiger partial charge in [-0.05, 0) is 73.3 Å². The number of hydrogen-bond acceptors (Lipinski definition) is 5. The van der Waals surface area contributed by atoms with Crippen LogP contribution in [0.4, 0.5) is 0 Å². The highest BCUT2D eigenvalue weighted by molar-refractivity contribution is 5.80. The van der Waals surface area contributed by atoms with Crippen molar-refractivity contribution in [1.29, 1.82) is 0 Å². The lowest BCUT2D eigenvalue weighted by Crippen LogP contribution is -2.45. The van der Waals surface area contributed by atoms with Crippen LogP contribution in [0.15, 0.2) is 59.7 Å². The van der Waals surface area contributed by atoms with Crippen molar-refractivity contribution in [2.45, 2.75) is 45.2 Å². The molecular formula is C30H34N4O3. The van der Waals surface area contributed by atoms with E-state index >= 15 is 0 Å². The van der Waals surface area contributed by atoms with Gasteiger partial charge in [-0.15, -0.1) is 0 Å². The minimum atomic E-state index is -0.180. The second kappa shape index (κ2) is 10.5. The van der Waals surface area contributed by atoms with E-state index in [1.807, 2.05) is 51.9 Å². The standard InChI is InChI=1S/C30H34N4O3/c35-29(25-18-23-6-2-3-7-28(23)37-21-25)33-15-10-27-24(20-33)19-26(22-8-11-31-12-9-22)30(36)34(27)17-16-32-13-4-1-5-14-32/h2-3,6-9,11-12,19,25H,1,4-5,10,13-18,20-21H2. The van der Waals surface area contributed by atoms with Gasteiger partial charge in [-0.2, -0.15) is 0 Å². The highest BCUT2D eigenvalue weighted by atomic mass is 16.5. The van der Waals surface area contributed by atoms with Gasteiger partial charge in [0.2, 0.25) is 5.91 Å². The highest BCUT2D eigenvalue weighted by Gasteiger charge is 2.32. The fourth-order valence-corrected chi connectivity index (χ4v) is 6.05. The maximum atomic E-state index is 13.7. The van der Waals surface area contributed by atoms with Crippen LogP contribution in [0, 0.1) is 5.92 Å². The lowest BCUT2D eigenvalue weighted by Gasteiger charge is -2.35. The zero-order valence-corrected chi connectivity index (χ0v) is 21.3. The predicted molar refractivity (Wildman–Crippen MR) is 142 cm³/mol. The Labute approximate surface area is 217 Å². The van der Waals surface area contributed by atoms with Crippen molar-refractivity contribution in [1.82, 2.24) is 19.4 Å². The largest absolute Gasteiger partial charge is 0.492 e. The monoisotopic (exact) mass is 498 g/mol. The van der Waals surface area contributed by atoms with E-state index in [0.29, 0.717) is 44.6 Å². The van der Waals surface area contributed by atoms with Crippen LogP contribution in [-0.2, 0) is 30.7 Å². The number of amides is 1. The van der Waals surface area contributed by atoms with Crippen LogP contribution in [0.3, 0.4) is 0 Å². The number of nitrogens with zero attached hydrogens (tertiary/aromatic N) is 4. The first-order chi connectivity index (χ1) is 18.2. The second-order valence-corrected chi connectivity index (χ2v) is 10.5. The van der Waals surface area contributed by atoms with Gasteiger partial charge < -0.3 is 19.1 Å². The number of aromatic nitrogens is 2. The van der Waals surface area contributed by atoms with Crippen molar-refractivity contribution in [3.05, 3.63) is 82.0 Å². The summed E-state index contributed by atoms with van der Waals surface area (Å²) >= 11 is 0. The van der Waals surface area contributed by atoms with E-state index in [1.54, 1.807) is 12.4 Å². The number of carbonyl (C=O) groups is 1. The molecule has 1 saturated heterocycles. The molecule has 0 N–H and O–H groups in total. The molecule has 3 aliphatic heterocycles. The number of carbonyl (C=O) groups excluding carboxylic acids is 1. The average molecular weight is 499 g/mol. The van der Waals surface area contributed by atoms with Gasteiger partial charge in [0.15, 0.2) is 0 Å². The van der Waals surface area contributed by atoms with Gasteiger partial charge >= 0.3 is 0 Å². The Morgan fingerprint density at radius 1 is 0.973 bits per heavy atom. The molecule has 1 amide bonds. The van der Waals surface area contributed by atoms with E-state index in [1.165, 1.54) is 19.3 Å². The first-order valence-corrected chi connectivity index (χ1v) is 13.6. The number of hydrogen-bond donors (Lipinski definition) is 0. The Bertz CT molecular complexity index is 1330. The molecule has 5 heterocycles. The first-order valence-electron chi connectivity index (χ1n) is 13.6. The van der Waals surface area contributed by atoms with Gasteiger partial charge in [-0.25, -0.2) is 0 Å². The van der Waals surface area contributed by atoms with Crippen molar-refractivity contribution in [2.75, 3.05) is 32.8 Å². The number of pyridine rings is 2. The number of rotatable bonds is 5. The molecule has 1 fully saturated rings. The summed E-state index contributed by atoms with van der Waals surface area (Å²) in [5.41, 5.74) is 4.85. The summed E-state index contributed by atoms with van der Waals surface area (Å²) in [4.78, 5) is 35.9. The SMILES string of the molecule is O=C(C1COc2ccccc2C1)N1CCc2c(cc(-c3ccncc3)c(=O)n2CCN2CCCCC2)C1. The molecule has 2 aromatic heterocycles. The van der Waals surface area contributed by atoms with E-state index in [-0.39, 0.29) is 17.4 Å². The number of fused-ring (bicyclic) bond motifs is 2. The molecule has 1 unspecified atom stereocenters. The summed E-state index contributed by atoms with van der Waals surface area (Å²) in [5, 5.41) is 0. The Balaban J connectivity index is 1.28. The number of benzene rings is 1. The zero-order valence-electron chi connectivity index (χ0n) is 21.3. The van der Waals surface area contributed by atoms with Crippen LogP contribution in [-0.4, -0.2) is 58.0 Å². The Hall–Kier alpha value is -3.45. The van der Waals surface area contributed by atoms with Crippen molar-refractivity contribution >= 4 is 5.91 Å². The van der Waals surface area contributed by atoms with Crippen molar-refractivity contribution in [3.63, 3.8) is 0 Å². The lowest BCUT2D eigenvalue weighted by atomic mass is 9.93. The summed E-state index contributed by atoms with van der Waals surface area (Å²) in [6, 6.07) is 13.8. The third kappa shape index (κ3) is 4.92. The molecule has 3 aliphatic rings. The lowest BCUT2D eigenvalue weighted by molar-refractivity contribution is -0.137. The third-order valence-corrected chi connectivity index (χ3v) is 8.09. The second-order valence-electron chi connectivity index (χ2n) is 10.5. The van der Waals surface area contributed by atoms with Crippen LogP contribution >= 0.6 is 0 Å². The average Bonchev–Trinajstić information content (AvgIpc) is 2.96. The zero-order chi connectivity index (χ0) is 25.2. The Morgan fingerprint density at radius 3 is 2.62 bits per heavy atom. The topological polar surface area (TPSA) is 67.7 Å². The normalized spacial score (nSPS) is 19.6. The molecule has 0 spiro atoms. The molecule has 3 aromatic rings. The maximum absolute atomic E-state index is 13.7. The van der Waals surface area contributed by atoms with Gasteiger partial charge in [-0.1, -0.05) is 24.6 Å². The van der Waals surface area contributed by atoms with Crippen LogP contribution in [0.1, 0.15) is 36.1 Å². The number of ether oxygens (including phenoxy) is 1. The molecule has 0 aliphatic carbocycles. The molecule has 1 aromatic carbocycles. The molecule has 1 atom stereocenters. The third-order valence-electron chi connectivity index (χ3n) is 8.09. The van der Waals surface area contributed by atoms with Gasteiger partial charge in [0.25, 0.3) is 5.56 Å². The summed E-state index contributed by atoms with van der Waals surface area (Å²) in [6.45, 7) is 5.34. The van der Waals surface area contributed by atoms with Crippen LogP contribution < -0.4 is 10.3 Å². The summed E-state index contributed by atoms with van der Waals surface area (Å²) in [5.74, 6) is 0.841. The molecule has 7 nitrogen and oxygen atoms in total. The molecular weight excluding hydrogens is 464 g/mol. The molecule has 6 rings (SSSR count). The van der Waals surface area contributed by atoms with Crippen molar-refractivity contribution in [3.8, 4) is 16.9 Å².